The highest BCUT2D eigenvalue weighted by Gasteiger charge is 2.36. The van der Waals surface area contributed by atoms with Crippen LogP contribution in [0.3, 0.4) is 0 Å². The fraction of sp³-hybridized carbons (Fsp3) is 0.333. The molecule has 0 bridgehead atoms. The lowest BCUT2D eigenvalue weighted by Crippen LogP contribution is -3.10. The Morgan fingerprint density at radius 2 is 2.17 bits per heavy atom. The maximum absolute atomic E-state index is 12.3. The zero-order valence-corrected chi connectivity index (χ0v) is 13.9. The van der Waals surface area contributed by atoms with Gasteiger partial charge in [0.05, 0.1) is 22.3 Å². The van der Waals surface area contributed by atoms with E-state index < -0.39 is 0 Å². The van der Waals surface area contributed by atoms with Gasteiger partial charge in [0.2, 0.25) is 0 Å². The van der Waals surface area contributed by atoms with Gasteiger partial charge in [-0.1, -0.05) is 18.2 Å². The van der Waals surface area contributed by atoms with Crippen molar-refractivity contribution in [3.63, 3.8) is 0 Å². The molecule has 0 amide bonds. The summed E-state index contributed by atoms with van der Waals surface area (Å²) in [6.45, 7) is 3.30. The third kappa shape index (κ3) is 2.60. The third-order valence-corrected chi connectivity index (χ3v) is 5.88. The lowest BCUT2D eigenvalue weighted by atomic mass is 10.1. The predicted octanol–water partition coefficient (Wildman–Crippen LogP) is 2.47. The summed E-state index contributed by atoms with van der Waals surface area (Å²) >= 11 is 1.83. The van der Waals surface area contributed by atoms with E-state index in [1.165, 1.54) is 22.6 Å². The quantitative estimate of drug-likeness (QED) is 0.777. The molecule has 2 N–H and O–H groups in total. The van der Waals surface area contributed by atoms with Crippen LogP contribution in [-0.4, -0.2) is 16.5 Å². The van der Waals surface area contributed by atoms with E-state index in [0.717, 1.165) is 17.9 Å². The van der Waals surface area contributed by atoms with Crippen molar-refractivity contribution in [1.82, 2.24) is 9.97 Å². The Morgan fingerprint density at radius 3 is 3.00 bits per heavy atom. The van der Waals surface area contributed by atoms with E-state index in [4.69, 9.17) is 4.98 Å². The molecule has 0 saturated carbocycles. The summed E-state index contributed by atoms with van der Waals surface area (Å²) in [5.41, 5.74) is 0.744. The predicted molar refractivity (Wildman–Crippen MR) is 92.9 cm³/mol. The summed E-state index contributed by atoms with van der Waals surface area (Å²) in [6.07, 6.45) is 2.43. The van der Waals surface area contributed by atoms with Crippen molar-refractivity contribution in [3.8, 4) is 0 Å². The summed E-state index contributed by atoms with van der Waals surface area (Å²) in [5.74, 6) is 0.798. The van der Waals surface area contributed by atoms with E-state index in [9.17, 15) is 4.79 Å². The molecule has 23 heavy (non-hydrogen) atoms. The van der Waals surface area contributed by atoms with Crippen molar-refractivity contribution < 1.29 is 4.90 Å². The number of fused-ring (bicyclic) bond motifs is 1. The number of aromatic amines is 1. The van der Waals surface area contributed by atoms with Gasteiger partial charge in [0.25, 0.3) is 5.56 Å². The topological polar surface area (TPSA) is 50.2 Å². The van der Waals surface area contributed by atoms with Gasteiger partial charge >= 0.3 is 0 Å². The van der Waals surface area contributed by atoms with Crippen molar-refractivity contribution in [2.75, 3.05) is 6.54 Å². The Kier molecular flexibility index (Phi) is 3.75. The number of quaternary nitrogens is 1. The highest BCUT2D eigenvalue weighted by atomic mass is 32.1. The SMILES string of the molecule is C[C@H](c1nc2ccccc2c(=O)[nH]1)[NH+]1CCC[C@@H]1c1cccs1. The molecular formula is C18H20N3OS+. The number of hydrogen-bond donors (Lipinski definition) is 2. The minimum absolute atomic E-state index is 0.0382. The van der Waals surface area contributed by atoms with Gasteiger partial charge < -0.3 is 9.88 Å². The number of benzene rings is 1. The minimum atomic E-state index is -0.0382. The second-order valence-electron chi connectivity index (χ2n) is 6.23. The summed E-state index contributed by atoms with van der Waals surface area (Å²) in [6, 6.07) is 12.6. The summed E-state index contributed by atoms with van der Waals surface area (Å²) in [7, 11) is 0. The number of rotatable bonds is 3. The molecule has 4 rings (SSSR count). The van der Waals surface area contributed by atoms with Crippen molar-refractivity contribution in [2.45, 2.75) is 31.8 Å². The van der Waals surface area contributed by atoms with Crippen molar-refractivity contribution >= 4 is 22.2 Å². The first-order valence-corrected chi connectivity index (χ1v) is 9.00. The van der Waals surface area contributed by atoms with Gasteiger partial charge in [-0.3, -0.25) is 4.79 Å². The van der Waals surface area contributed by atoms with E-state index in [-0.39, 0.29) is 11.6 Å². The minimum Gasteiger partial charge on any atom is -0.320 e. The molecule has 1 fully saturated rings. The first kappa shape index (κ1) is 14.6. The number of hydrogen-bond acceptors (Lipinski definition) is 3. The number of H-pyrrole nitrogens is 1. The van der Waals surface area contributed by atoms with E-state index in [1.807, 2.05) is 35.6 Å². The zero-order valence-electron chi connectivity index (χ0n) is 13.1. The van der Waals surface area contributed by atoms with Crippen LogP contribution in [0.2, 0.25) is 0 Å². The van der Waals surface area contributed by atoms with Gasteiger partial charge in [0.15, 0.2) is 5.82 Å². The van der Waals surface area contributed by atoms with Gasteiger partial charge in [-0.2, -0.15) is 0 Å². The molecule has 0 radical (unpaired) electrons. The Hall–Kier alpha value is -1.98. The molecule has 3 atom stereocenters. The van der Waals surface area contributed by atoms with Crippen LogP contribution in [-0.2, 0) is 0 Å². The second kappa shape index (κ2) is 5.91. The molecule has 1 aliphatic rings. The van der Waals surface area contributed by atoms with E-state index in [1.54, 1.807) is 0 Å². The smallest absolute Gasteiger partial charge is 0.258 e. The second-order valence-corrected chi connectivity index (χ2v) is 7.20. The fourth-order valence-electron chi connectivity index (χ4n) is 3.69. The van der Waals surface area contributed by atoms with E-state index >= 15 is 0 Å². The first-order chi connectivity index (χ1) is 11.2. The first-order valence-electron chi connectivity index (χ1n) is 8.12. The van der Waals surface area contributed by atoms with Crippen LogP contribution in [0, 0.1) is 0 Å². The molecule has 1 aliphatic heterocycles. The number of para-hydroxylation sites is 1. The fourth-order valence-corrected chi connectivity index (χ4v) is 4.59. The molecule has 1 unspecified atom stereocenters. The molecule has 4 nitrogen and oxygen atoms in total. The number of thiophene rings is 1. The van der Waals surface area contributed by atoms with Gasteiger partial charge in [0, 0.05) is 12.8 Å². The van der Waals surface area contributed by atoms with Gasteiger partial charge in [-0.15, -0.1) is 11.3 Å². The maximum Gasteiger partial charge on any atom is 0.258 e. The highest BCUT2D eigenvalue weighted by Crippen LogP contribution is 2.25. The molecule has 1 aromatic carbocycles. The van der Waals surface area contributed by atoms with Crippen LogP contribution < -0.4 is 10.5 Å². The Morgan fingerprint density at radius 1 is 1.30 bits per heavy atom. The Labute approximate surface area is 138 Å². The van der Waals surface area contributed by atoms with Gasteiger partial charge in [-0.25, -0.2) is 4.98 Å². The average molecular weight is 326 g/mol. The van der Waals surface area contributed by atoms with E-state index in [2.05, 4.69) is 29.4 Å². The molecule has 1 saturated heterocycles. The summed E-state index contributed by atoms with van der Waals surface area (Å²) < 4.78 is 0. The van der Waals surface area contributed by atoms with Crippen LogP contribution in [0.1, 0.15) is 42.6 Å². The molecule has 118 valence electrons. The van der Waals surface area contributed by atoms with Gasteiger partial charge in [0.1, 0.15) is 12.1 Å². The highest BCUT2D eigenvalue weighted by molar-refractivity contribution is 7.10. The van der Waals surface area contributed by atoms with Crippen molar-refractivity contribution in [1.29, 1.82) is 0 Å². The molecule has 2 aromatic heterocycles. The van der Waals surface area contributed by atoms with Crippen LogP contribution in [0.4, 0.5) is 0 Å². The van der Waals surface area contributed by atoms with Crippen LogP contribution in [0.5, 0.6) is 0 Å². The summed E-state index contributed by atoms with van der Waals surface area (Å²) in [5, 5.41) is 2.81. The third-order valence-electron chi connectivity index (χ3n) is 4.89. The normalized spacial score (nSPS) is 22.5. The number of aromatic nitrogens is 2. The lowest BCUT2D eigenvalue weighted by molar-refractivity contribution is -0.947. The van der Waals surface area contributed by atoms with Crippen molar-refractivity contribution in [2.24, 2.45) is 0 Å². The van der Waals surface area contributed by atoms with E-state index in [0.29, 0.717) is 11.4 Å². The molecule has 3 aromatic rings. The molecule has 0 aliphatic carbocycles. The molecular weight excluding hydrogens is 306 g/mol. The monoisotopic (exact) mass is 326 g/mol. The maximum atomic E-state index is 12.3. The largest absolute Gasteiger partial charge is 0.320 e. The van der Waals surface area contributed by atoms with Crippen LogP contribution >= 0.6 is 11.3 Å². The standard InChI is InChI=1S/C18H19N3OS/c1-12(21-10-4-8-15(21)16-9-5-11-23-16)17-19-14-7-3-2-6-13(14)18(22)20-17/h2-3,5-7,9,11-12,15H,4,8,10H2,1H3,(H,19,20,22)/p+1/t12-,15-/m1/s1. The Bertz CT molecular complexity index is 871. The number of nitrogens with zero attached hydrogens (tertiary/aromatic N) is 1. The van der Waals surface area contributed by atoms with Gasteiger partial charge in [-0.05, 0) is 30.5 Å². The Balaban J connectivity index is 1.71. The molecule has 5 heteroatoms. The molecule has 0 spiro atoms. The van der Waals surface area contributed by atoms with Crippen LogP contribution in [0.15, 0.2) is 46.6 Å². The molecule has 3 heterocycles. The number of likely N-dealkylation sites (tertiary alicyclic amines) is 1. The summed E-state index contributed by atoms with van der Waals surface area (Å²) in [4.78, 5) is 23.0. The average Bonchev–Trinajstić information content (AvgIpc) is 3.25. The lowest BCUT2D eigenvalue weighted by Gasteiger charge is -2.26. The number of nitrogens with one attached hydrogen (secondary N) is 2. The van der Waals surface area contributed by atoms with Crippen LogP contribution in [0.25, 0.3) is 10.9 Å². The van der Waals surface area contributed by atoms with Crippen molar-refractivity contribution in [3.05, 3.63) is 62.8 Å². The zero-order chi connectivity index (χ0) is 15.8.